The molecule has 0 amide bonds. The maximum absolute atomic E-state index is 11.3. The number of carbonyl (C=O) groups excluding carboxylic acids is 1. The van der Waals surface area contributed by atoms with Crippen molar-refractivity contribution in [2.24, 2.45) is 5.16 Å². The fourth-order valence-electron chi connectivity index (χ4n) is 2.54. The van der Waals surface area contributed by atoms with Gasteiger partial charge in [-0.1, -0.05) is 17.3 Å². The number of nitrogens with zero attached hydrogens (tertiary/aromatic N) is 1. The summed E-state index contributed by atoms with van der Waals surface area (Å²) in [6.07, 6.45) is 1.92. The second-order valence-corrected chi connectivity index (χ2v) is 6.96. The van der Waals surface area contributed by atoms with Crippen LogP contribution in [0.4, 0.5) is 0 Å². The van der Waals surface area contributed by atoms with Crippen molar-refractivity contribution in [1.29, 1.82) is 0 Å². The zero-order chi connectivity index (χ0) is 18.2. The van der Waals surface area contributed by atoms with Crippen molar-refractivity contribution in [2.45, 2.75) is 36.3 Å². The van der Waals surface area contributed by atoms with E-state index in [0.29, 0.717) is 6.42 Å². The molecule has 134 valence electrons. The zero-order valence-corrected chi connectivity index (χ0v) is 15.5. The van der Waals surface area contributed by atoms with E-state index in [2.05, 4.69) is 11.2 Å². The molecule has 0 radical (unpaired) electrons. The highest BCUT2D eigenvalue weighted by Crippen LogP contribution is 2.31. The van der Waals surface area contributed by atoms with Gasteiger partial charge < -0.3 is 14.7 Å². The smallest absolute Gasteiger partial charge is 0.305 e. The van der Waals surface area contributed by atoms with E-state index in [1.165, 1.54) is 14.2 Å². The number of oxime groups is 1. The minimum atomic E-state index is -0.199. The van der Waals surface area contributed by atoms with Crippen LogP contribution in [0.1, 0.15) is 26.2 Å². The molecule has 0 aliphatic rings. The van der Waals surface area contributed by atoms with Crippen LogP contribution in [0.2, 0.25) is 0 Å². The van der Waals surface area contributed by atoms with Crippen LogP contribution in [0.3, 0.4) is 0 Å². The molecule has 0 saturated heterocycles. The molecule has 0 saturated carbocycles. The lowest BCUT2D eigenvalue weighted by Gasteiger charge is -2.16. The van der Waals surface area contributed by atoms with Crippen molar-refractivity contribution in [2.75, 3.05) is 14.2 Å². The van der Waals surface area contributed by atoms with Crippen LogP contribution >= 0.6 is 11.8 Å². The number of methoxy groups -OCH3 is 1. The predicted octanol–water partition coefficient (Wildman–Crippen LogP) is 4.37. The van der Waals surface area contributed by atoms with Gasteiger partial charge in [0.15, 0.2) is 0 Å². The van der Waals surface area contributed by atoms with Gasteiger partial charge in [-0.3, -0.25) is 4.79 Å². The van der Waals surface area contributed by atoms with Gasteiger partial charge in [-0.15, -0.1) is 11.8 Å². The normalized spacial score (nSPS) is 12.8. The number of hydrogen-bond acceptors (Lipinski definition) is 6. The van der Waals surface area contributed by atoms with Crippen molar-refractivity contribution < 1.29 is 19.5 Å². The van der Waals surface area contributed by atoms with Gasteiger partial charge in [0.25, 0.3) is 0 Å². The first-order valence-corrected chi connectivity index (χ1v) is 8.95. The average molecular weight is 361 g/mol. The van der Waals surface area contributed by atoms with E-state index >= 15 is 0 Å². The molecule has 1 atom stereocenters. The average Bonchev–Trinajstić information content (AvgIpc) is 2.60. The van der Waals surface area contributed by atoms with E-state index in [9.17, 15) is 9.90 Å². The molecule has 2 rings (SSSR count). The summed E-state index contributed by atoms with van der Waals surface area (Å²) < 4.78 is 4.70. The SMILES string of the molecule is CO/N=C(\C)C(CCCC(=O)OC)Sc1ccc2cc(O)ccc2c1. The first kappa shape index (κ1) is 19.1. The standard InChI is InChI=1S/C19H23NO4S/c1-13(20-24-3)18(5-4-6-19(22)23-2)25-17-10-8-14-11-16(21)9-7-15(14)12-17/h7-12,18,21H,4-6H2,1-3H3/b20-13+. The highest BCUT2D eigenvalue weighted by molar-refractivity contribution is 8.00. The molecular weight excluding hydrogens is 338 g/mol. The largest absolute Gasteiger partial charge is 0.508 e. The number of benzene rings is 2. The number of carbonyl (C=O) groups is 1. The third-order valence-corrected chi connectivity index (χ3v) is 5.24. The summed E-state index contributed by atoms with van der Waals surface area (Å²) in [5.74, 6) is 0.0623. The number of aromatic hydroxyl groups is 1. The lowest BCUT2D eigenvalue weighted by Crippen LogP contribution is -2.15. The van der Waals surface area contributed by atoms with Crippen LogP contribution in [-0.2, 0) is 14.4 Å². The molecule has 0 spiro atoms. The Morgan fingerprint density at radius 1 is 1.20 bits per heavy atom. The van der Waals surface area contributed by atoms with E-state index in [4.69, 9.17) is 9.57 Å². The van der Waals surface area contributed by atoms with Crippen molar-refractivity contribution in [3.05, 3.63) is 36.4 Å². The molecule has 25 heavy (non-hydrogen) atoms. The number of phenols is 1. The Kier molecular flexibility index (Phi) is 7.13. The molecule has 0 fully saturated rings. The summed E-state index contributed by atoms with van der Waals surface area (Å²) in [6, 6.07) is 11.4. The van der Waals surface area contributed by atoms with Gasteiger partial charge >= 0.3 is 5.97 Å². The predicted molar refractivity (Wildman–Crippen MR) is 101 cm³/mol. The highest BCUT2D eigenvalue weighted by atomic mass is 32.2. The minimum absolute atomic E-state index is 0.110. The molecule has 1 N–H and O–H groups in total. The van der Waals surface area contributed by atoms with Crippen LogP contribution in [0.15, 0.2) is 46.4 Å². The van der Waals surface area contributed by atoms with Gasteiger partial charge in [0, 0.05) is 11.3 Å². The molecule has 0 aliphatic heterocycles. The number of esters is 1. The van der Waals surface area contributed by atoms with Crippen LogP contribution in [-0.4, -0.2) is 36.3 Å². The number of rotatable bonds is 8. The molecule has 0 aliphatic carbocycles. The van der Waals surface area contributed by atoms with E-state index in [1.54, 1.807) is 23.9 Å². The van der Waals surface area contributed by atoms with Crippen LogP contribution in [0, 0.1) is 0 Å². The molecule has 0 bridgehead atoms. The number of phenolic OH excluding ortho intramolecular Hbond substituents is 1. The van der Waals surface area contributed by atoms with Crippen molar-refractivity contribution in [3.8, 4) is 5.75 Å². The summed E-state index contributed by atoms with van der Waals surface area (Å²) in [6.45, 7) is 1.93. The Morgan fingerprint density at radius 2 is 1.92 bits per heavy atom. The van der Waals surface area contributed by atoms with E-state index in [-0.39, 0.29) is 17.0 Å². The number of fused-ring (bicyclic) bond motifs is 1. The van der Waals surface area contributed by atoms with Gasteiger partial charge in [0.2, 0.25) is 0 Å². The third-order valence-electron chi connectivity index (χ3n) is 3.85. The second-order valence-electron chi connectivity index (χ2n) is 5.68. The molecular formula is C19H23NO4S. The summed E-state index contributed by atoms with van der Waals surface area (Å²) >= 11 is 1.69. The van der Waals surface area contributed by atoms with Crippen molar-refractivity contribution in [1.82, 2.24) is 0 Å². The molecule has 5 nitrogen and oxygen atoms in total. The monoisotopic (exact) mass is 361 g/mol. The summed E-state index contributed by atoms with van der Waals surface area (Å²) in [7, 11) is 2.93. The third kappa shape index (κ3) is 5.67. The molecule has 6 heteroatoms. The van der Waals surface area contributed by atoms with Gasteiger partial charge in [-0.05, 0) is 54.8 Å². The Labute approximate surface area is 152 Å². The van der Waals surface area contributed by atoms with E-state index in [0.717, 1.165) is 34.2 Å². The quantitative estimate of drug-likeness (QED) is 0.327. The summed E-state index contributed by atoms with van der Waals surface area (Å²) in [5.41, 5.74) is 0.878. The number of ether oxygens (including phenoxy) is 1. The molecule has 0 heterocycles. The lowest BCUT2D eigenvalue weighted by atomic mass is 10.1. The van der Waals surface area contributed by atoms with Gasteiger partial charge in [0.1, 0.15) is 12.9 Å². The fraction of sp³-hybridized carbons (Fsp3) is 0.368. The van der Waals surface area contributed by atoms with E-state index in [1.807, 2.05) is 25.1 Å². The highest BCUT2D eigenvalue weighted by Gasteiger charge is 2.16. The first-order chi connectivity index (χ1) is 12.0. The van der Waals surface area contributed by atoms with Gasteiger partial charge in [0.05, 0.1) is 18.1 Å². The maximum atomic E-state index is 11.3. The Balaban J connectivity index is 2.13. The number of thioether (sulfide) groups is 1. The molecule has 2 aromatic carbocycles. The Morgan fingerprint density at radius 3 is 2.64 bits per heavy atom. The minimum Gasteiger partial charge on any atom is -0.508 e. The lowest BCUT2D eigenvalue weighted by molar-refractivity contribution is -0.140. The molecule has 1 unspecified atom stereocenters. The zero-order valence-electron chi connectivity index (χ0n) is 14.7. The summed E-state index contributed by atoms with van der Waals surface area (Å²) in [5, 5.41) is 15.8. The Hall–Kier alpha value is -2.21. The van der Waals surface area contributed by atoms with Crippen LogP contribution < -0.4 is 0 Å². The molecule has 0 aromatic heterocycles. The van der Waals surface area contributed by atoms with Gasteiger partial charge in [-0.2, -0.15) is 0 Å². The van der Waals surface area contributed by atoms with Crippen LogP contribution in [0.25, 0.3) is 10.8 Å². The van der Waals surface area contributed by atoms with Gasteiger partial charge in [-0.25, -0.2) is 0 Å². The molecule has 2 aromatic rings. The summed E-state index contributed by atoms with van der Waals surface area (Å²) in [4.78, 5) is 17.3. The fourth-order valence-corrected chi connectivity index (χ4v) is 3.71. The maximum Gasteiger partial charge on any atom is 0.305 e. The van der Waals surface area contributed by atoms with Crippen molar-refractivity contribution in [3.63, 3.8) is 0 Å². The van der Waals surface area contributed by atoms with Crippen LogP contribution in [0.5, 0.6) is 5.75 Å². The Bertz CT molecular complexity index is 760. The first-order valence-electron chi connectivity index (χ1n) is 8.07. The number of hydrogen-bond donors (Lipinski definition) is 1. The second kappa shape index (κ2) is 9.32. The van der Waals surface area contributed by atoms with Crippen molar-refractivity contribution >= 4 is 34.2 Å². The topological polar surface area (TPSA) is 68.1 Å². The van der Waals surface area contributed by atoms with E-state index < -0.39 is 0 Å².